The fraction of sp³-hybridized carbons (Fsp3) is 0.400. The maximum atomic E-state index is 11.8. The van der Waals surface area contributed by atoms with Gasteiger partial charge in [0.15, 0.2) is 10.2 Å². The number of nitrogens with zero attached hydrogens (tertiary/aromatic N) is 2. The maximum absolute atomic E-state index is 11.8. The van der Waals surface area contributed by atoms with Gasteiger partial charge < -0.3 is 9.64 Å². The number of fused-ring (bicyclic) bond motifs is 1. The lowest BCUT2D eigenvalue weighted by atomic mass is 10.1. The minimum atomic E-state index is -0.640. The van der Waals surface area contributed by atoms with Crippen LogP contribution in [0.4, 0.5) is 5.69 Å². The highest BCUT2D eigenvalue weighted by atomic mass is 32.1. The number of para-hydroxylation sites is 1. The summed E-state index contributed by atoms with van der Waals surface area (Å²) in [5.74, 6) is -0.640. The number of rotatable bonds is 5. The molecule has 1 atom stereocenters. The van der Waals surface area contributed by atoms with E-state index in [1.165, 1.54) is 11.3 Å². The third-order valence-corrected chi connectivity index (χ3v) is 5.37. The van der Waals surface area contributed by atoms with E-state index in [0.29, 0.717) is 18.2 Å². The van der Waals surface area contributed by atoms with Crippen molar-refractivity contribution >= 4 is 62.7 Å². The van der Waals surface area contributed by atoms with Crippen LogP contribution in [0.2, 0.25) is 0 Å². The zero-order chi connectivity index (χ0) is 16.4. The van der Waals surface area contributed by atoms with Crippen LogP contribution in [-0.4, -0.2) is 41.5 Å². The average Bonchev–Trinajstić information content (AvgIpc) is 2.96. The second kappa shape index (κ2) is 7.21. The first-order valence-electron chi connectivity index (χ1n) is 7.23. The fourth-order valence-corrected chi connectivity index (χ4v) is 4.19. The molecule has 23 heavy (non-hydrogen) atoms. The Bertz CT molecular complexity index is 741. The van der Waals surface area contributed by atoms with Gasteiger partial charge in [-0.15, -0.1) is 36.6 Å². The quantitative estimate of drug-likeness (QED) is 0.794. The summed E-state index contributed by atoms with van der Waals surface area (Å²) < 4.78 is 6.39. The standard InChI is InChI=1S/C15H16N2O3S3/c18-12(21)8-9(15(19)22)14-16-13-10(2-1-3-11(13)23-14)17-4-6-20-7-5-17/h1-3,9H,4-8H2,(H,18,21)(H,19,22). The van der Waals surface area contributed by atoms with Crippen molar-refractivity contribution in [1.29, 1.82) is 0 Å². The molecule has 1 aromatic carbocycles. The van der Waals surface area contributed by atoms with Crippen LogP contribution < -0.4 is 4.90 Å². The monoisotopic (exact) mass is 368 g/mol. The van der Waals surface area contributed by atoms with E-state index in [-0.39, 0.29) is 16.7 Å². The zero-order valence-corrected chi connectivity index (χ0v) is 14.9. The largest absolute Gasteiger partial charge is 0.378 e. The van der Waals surface area contributed by atoms with E-state index in [1.807, 2.05) is 18.2 Å². The number of aromatic nitrogens is 1. The Balaban J connectivity index is 2.00. The summed E-state index contributed by atoms with van der Waals surface area (Å²) in [6.07, 6.45) is 0.0121. The number of hydrogen-bond acceptors (Lipinski definition) is 6. The van der Waals surface area contributed by atoms with Gasteiger partial charge in [-0.2, -0.15) is 0 Å². The summed E-state index contributed by atoms with van der Waals surface area (Å²) >= 11 is 9.11. The van der Waals surface area contributed by atoms with E-state index in [0.717, 1.165) is 29.0 Å². The molecule has 2 aromatic rings. The normalized spacial score (nSPS) is 16.5. The summed E-state index contributed by atoms with van der Waals surface area (Å²) in [5.41, 5.74) is 1.90. The van der Waals surface area contributed by atoms with Crippen LogP contribution in [0.15, 0.2) is 18.2 Å². The van der Waals surface area contributed by atoms with Crippen LogP contribution in [0.25, 0.3) is 10.2 Å². The van der Waals surface area contributed by atoms with Gasteiger partial charge in [-0.1, -0.05) is 6.07 Å². The molecule has 5 nitrogen and oxygen atoms in total. The van der Waals surface area contributed by atoms with Gasteiger partial charge in [0.1, 0.15) is 10.5 Å². The maximum Gasteiger partial charge on any atom is 0.196 e. The van der Waals surface area contributed by atoms with Gasteiger partial charge in [-0.3, -0.25) is 9.59 Å². The number of morpholine rings is 1. The van der Waals surface area contributed by atoms with Gasteiger partial charge in [-0.25, -0.2) is 4.98 Å². The molecule has 122 valence electrons. The Morgan fingerprint density at radius 3 is 2.70 bits per heavy atom. The highest BCUT2D eigenvalue weighted by molar-refractivity contribution is 7.97. The summed E-state index contributed by atoms with van der Waals surface area (Å²) in [7, 11) is 0. The molecule has 1 aromatic heterocycles. The average molecular weight is 369 g/mol. The second-order valence-electron chi connectivity index (χ2n) is 5.26. The molecule has 1 saturated heterocycles. The topological polar surface area (TPSA) is 59.5 Å². The van der Waals surface area contributed by atoms with E-state index in [1.54, 1.807) is 0 Å². The van der Waals surface area contributed by atoms with Gasteiger partial charge in [0.25, 0.3) is 0 Å². The summed E-state index contributed by atoms with van der Waals surface area (Å²) in [6, 6.07) is 5.98. The Morgan fingerprint density at radius 2 is 2.04 bits per heavy atom. The van der Waals surface area contributed by atoms with Crippen LogP contribution >= 0.6 is 36.6 Å². The van der Waals surface area contributed by atoms with Gasteiger partial charge in [0.05, 0.1) is 29.5 Å². The number of anilines is 1. The van der Waals surface area contributed by atoms with Gasteiger partial charge in [0.2, 0.25) is 0 Å². The number of carbonyl (C=O) groups is 2. The molecule has 0 amide bonds. The summed E-state index contributed by atoms with van der Waals surface area (Å²) in [6.45, 7) is 3.02. The van der Waals surface area contributed by atoms with Crippen molar-refractivity contribution in [2.75, 3.05) is 31.2 Å². The van der Waals surface area contributed by atoms with E-state index < -0.39 is 5.92 Å². The van der Waals surface area contributed by atoms with Crippen molar-refractivity contribution in [3.8, 4) is 0 Å². The van der Waals surface area contributed by atoms with E-state index in [2.05, 4.69) is 35.1 Å². The Kier molecular flexibility index (Phi) is 5.25. The minimum absolute atomic E-state index is 0.0121. The molecule has 3 rings (SSSR count). The first-order chi connectivity index (χ1) is 11.1. The second-order valence-corrected chi connectivity index (χ2v) is 7.27. The number of thiol groups is 2. The fourth-order valence-electron chi connectivity index (χ4n) is 2.61. The lowest BCUT2D eigenvalue weighted by Crippen LogP contribution is -2.36. The molecule has 0 aliphatic carbocycles. The van der Waals surface area contributed by atoms with Gasteiger partial charge in [0, 0.05) is 19.5 Å². The number of benzene rings is 1. The summed E-state index contributed by atoms with van der Waals surface area (Å²) in [4.78, 5) is 29.9. The van der Waals surface area contributed by atoms with Crippen molar-refractivity contribution in [1.82, 2.24) is 4.98 Å². The van der Waals surface area contributed by atoms with Crippen LogP contribution in [0.5, 0.6) is 0 Å². The number of thiazole rings is 1. The highest BCUT2D eigenvalue weighted by Gasteiger charge is 2.25. The summed E-state index contributed by atoms with van der Waals surface area (Å²) in [5, 5.41) is -0.0902. The predicted octanol–water partition coefficient (Wildman–Crippen LogP) is 2.52. The van der Waals surface area contributed by atoms with Crippen LogP contribution in [-0.2, 0) is 14.3 Å². The van der Waals surface area contributed by atoms with Gasteiger partial charge >= 0.3 is 0 Å². The van der Waals surface area contributed by atoms with E-state index in [4.69, 9.17) is 4.74 Å². The Hall–Kier alpha value is -1.09. The number of carbonyl (C=O) groups excluding carboxylic acids is 2. The van der Waals surface area contributed by atoms with Crippen molar-refractivity contribution in [3.05, 3.63) is 23.2 Å². The molecule has 0 spiro atoms. The highest BCUT2D eigenvalue weighted by Crippen LogP contribution is 2.35. The lowest BCUT2D eigenvalue weighted by molar-refractivity contribution is -0.116. The van der Waals surface area contributed by atoms with Crippen LogP contribution in [0, 0.1) is 0 Å². The molecule has 2 heterocycles. The number of hydrogen-bond donors (Lipinski definition) is 2. The third kappa shape index (κ3) is 3.71. The zero-order valence-electron chi connectivity index (χ0n) is 12.3. The molecule has 0 N–H and O–H groups in total. The SMILES string of the molecule is O=C(S)CC(C(=O)S)c1nc2c(N3CCOCC3)cccc2s1. The van der Waals surface area contributed by atoms with Crippen molar-refractivity contribution in [2.24, 2.45) is 0 Å². The molecular formula is C15H16N2O3S3. The Morgan fingerprint density at radius 1 is 1.30 bits per heavy atom. The van der Waals surface area contributed by atoms with Crippen molar-refractivity contribution in [3.63, 3.8) is 0 Å². The van der Waals surface area contributed by atoms with Crippen LogP contribution in [0.1, 0.15) is 17.3 Å². The predicted molar refractivity (Wildman–Crippen MR) is 98.0 cm³/mol. The lowest BCUT2D eigenvalue weighted by Gasteiger charge is -2.28. The molecule has 8 heteroatoms. The van der Waals surface area contributed by atoms with Gasteiger partial charge in [-0.05, 0) is 12.1 Å². The molecule has 0 radical (unpaired) electrons. The van der Waals surface area contributed by atoms with E-state index in [9.17, 15) is 9.59 Å². The first kappa shape index (κ1) is 16.8. The smallest absolute Gasteiger partial charge is 0.196 e. The minimum Gasteiger partial charge on any atom is -0.378 e. The molecule has 1 fully saturated rings. The Labute approximate surface area is 148 Å². The van der Waals surface area contributed by atoms with Crippen LogP contribution in [0.3, 0.4) is 0 Å². The van der Waals surface area contributed by atoms with Crippen molar-refractivity contribution in [2.45, 2.75) is 12.3 Å². The molecule has 0 bridgehead atoms. The first-order valence-corrected chi connectivity index (χ1v) is 8.94. The molecule has 1 unspecified atom stereocenters. The van der Waals surface area contributed by atoms with E-state index >= 15 is 0 Å². The molecule has 1 aliphatic rings. The number of ether oxygens (including phenoxy) is 1. The third-order valence-electron chi connectivity index (χ3n) is 3.74. The van der Waals surface area contributed by atoms with Crippen molar-refractivity contribution < 1.29 is 14.3 Å². The molecular weight excluding hydrogens is 352 g/mol. The molecule has 1 aliphatic heterocycles. The molecule has 0 saturated carbocycles.